The zero-order chi connectivity index (χ0) is 13.2. The first kappa shape index (κ1) is 12.6. The minimum Gasteiger partial charge on any atom is -0.334 e. The lowest BCUT2D eigenvalue weighted by Crippen LogP contribution is -2.27. The zero-order valence-electron chi connectivity index (χ0n) is 10.8. The Morgan fingerprint density at radius 2 is 2.26 bits per heavy atom. The predicted octanol–water partition coefficient (Wildman–Crippen LogP) is 3.51. The van der Waals surface area contributed by atoms with E-state index in [-0.39, 0.29) is 6.04 Å². The van der Waals surface area contributed by atoms with Gasteiger partial charge in [0.1, 0.15) is 0 Å². The summed E-state index contributed by atoms with van der Waals surface area (Å²) in [5.41, 5.74) is 1.87. The average molecular weight is 278 g/mol. The van der Waals surface area contributed by atoms with E-state index in [4.69, 9.17) is 16.1 Å². The second-order valence-corrected chi connectivity index (χ2v) is 5.28. The average Bonchev–Trinajstić information content (AvgIpc) is 2.92. The minimum absolute atomic E-state index is 0.214. The lowest BCUT2D eigenvalue weighted by atomic mass is 10.0. The molecule has 0 saturated carbocycles. The largest absolute Gasteiger partial charge is 0.334 e. The number of nitrogens with one attached hydrogen (secondary N) is 1. The Labute approximate surface area is 117 Å². The topological polar surface area (TPSA) is 51.0 Å². The van der Waals surface area contributed by atoms with Crippen LogP contribution in [0.4, 0.5) is 0 Å². The number of aromatic nitrogens is 2. The van der Waals surface area contributed by atoms with Crippen LogP contribution >= 0.6 is 11.6 Å². The number of hydrogen-bond donors (Lipinski definition) is 1. The molecule has 1 atom stereocenters. The van der Waals surface area contributed by atoms with Crippen molar-refractivity contribution in [3.8, 4) is 11.5 Å². The van der Waals surface area contributed by atoms with Crippen LogP contribution in [0.15, 0.2) is 22.7 Å². The van der Waals surface area contributed by atoms with E-state index >= 15 is 0 Å². The van der Waals surface area contributed by atoms with E-state index in [0.717, 1.165) is 29.9 Å². The molecule has 1 saturated heterocycles. The van der Waals surface area contributed by atoms with E-state index < -0.39 is 0 Å². The Hall–Kier alpha value is -1.39. The lowest BCUT2D eigenvalue weighted by molar-refractivity contribution is 0.367. The van der Waals surface area contributed by atoms with Gasteiger partial charge in [-0.05, 0) is 44.0 Å². The number of hydrogen-bond acceptors (Lipinski definition) is 4. The first-order valence-electron chi connectivity index (χ1n) is 6.58. The van der Waals surface area contributed by atoms with Crippen molar-refractivity contribution in [2.75, 3.05) is 6.54 Å². The monoisotopic (exact) mass is 277 g/mol. The van der Waals surface area contributed by atoms with Gasteiger partial charge >= 0.3 is 0 Å². The van der Waals surface area contributed by atoms with Crippen molar-refractivity contribution in [1.82, 2.24) is 15.5 Å². The highest BCUT2D eigenvalue weighted by atomic mass is 35.5. The van der Waals surface area contributed by atoms with Gasteiger partial charge in [-0.25, -0.2) is 0 Å². The predicted molar refractivity (Wildman–Crippen MR) is 74.1 cm³/mol. The summed E-state index contributed by atoms with van der Waals surface area (Å²) >= 11 is 6.12. The van der Waals surface area contributed by atoms with Crippen LogP contribution in [0.5, 0.6) is 0 Å². The maximum absolute atomic E-state index is 6.12. The molecule has 2 aromatic rings. The van der Waals surface area contributed by atoms with Gasteiger partial charge in [-0.15, -0.1) is 0 Å². The van der Waals surface area contributed by atoms with Crippen LogP contribution in [-0.4, -0.2) is 16.7 Å². The molecule has 2 heterocycles. The lowest BCUT2D eigenvalue weighted by Gasteiger charge is -2.19. The fourth-order valence-electron chi connectivity index (χ4n) is 2.40. The Bertz CT molecular complexity index is 576. The van der Waals surface area contributed by atoms with Crippen molar-refractivity contribution in [2.45, 2.75) is 32.2 Å². The van der Waals surface area contributed by atoms with Crippen molar-refractivity contribution in [2.24, 2.45) is 0 Å². The molecule has 4 nitrogen and oxygen atoms in total. The van der Waals surface area contributed by atoms with Crippen LogP contribution in [0.3, 0.4) is 0 Å². The summed E-state index contributed by atoms with van der Waals surface area (Å²) in [4.78, 5) is 4.51. The summed E-state index contributed by atoms with van der Waals surface area (Å²) in [5.74, 6) is 1.29. The Balaban J connectivity index is 1.90. The van der Waals surface area contributed by atoms with Crippen LogP contribution in [0.25, 0.3) is 11.5 Å². The van der Waals surface area contributed by atoms with E-state index in [9.17, 15) is 0 Å². The number of piperidine rings is 1. The summed E-state index contributed by atoms with van der Waals surface area (Å²) in [5, 5.41) is 8.23. The molecule has 1 aliphatic heterocycles. The third-order valence-electron chi connectivity index (χ3n) is 3.56. The van der Waals surface area contributed by atoms with Crippen LogP contribution in [-0.2, 0) is 0 Å². The highest BCUT2D eigenvalue weighted by molar-refractivity contribution is 6.31. The molecule has 1 aromatic heterocycles. The third-order valence-corrected chi connectivity index (χ3v) is 3.97. The first-order valence-corrected chi connectivity index (χ1v) is 6.96. The fraction of sp³-hybridized carbons (Fsp3) is 0.429. The van der Waals surface area contributed by atoms with Crippen molar-refractivity contribution >= 4 is 11.6 Å². The van der Waals surface area contributed by atoms with Gasteiger partial charge in [-0.1, -0.05) is 29.2 Å². The highest BCUT2D eigenvalue weighted by Crippen LogP contribution is 2.29. The van der Waals surface area contributed by atoms with E-state index in [1.54, 1.807) is 0 Å². The van der Waals surface area contributed by atoms with Crippen molar-refractivity contribution in [1.29, 1.82) is 0 Å². The van der Waals surface area contributed by atoms with E-state index in [0.29, 0.717) is 10.9 Å². The number of benzene rings is 1. The maximum Gasteiger partial charge on any atom is 0.258 e. The van der Waals surface area contributed by atoms with Gasteiger partial charge in [0.25, 0.3) is 5.89 Å². The standard InChI is InChI=1S/C14H16ClN3O/c1-9-10(5-4-6-11(9)15)14-17-13(18-19-14)12-7-2-3-8-16-12/h4-6,12,16H,2-3,7-8H2,1H3. The molecule has 0 radical (unpaired) electrons. The minimum atomic E-state index is 0.214. The van der Waals surface area contributed by atoms with Crippen molar-refractivity contribution in [3.63, 3.8) is 0 Å². The Kier molecular flexibility index (Phi) is 3.53. The molecule has 3 rings (SSSR count). The summed E-state index contributed by atoms with van der Waals surface area (Å²) < 4.78 is 5.38. The number of halogens is 1. The van der Waals surface area contributed by atoms with Crippen LogP contribution in [0.2, 0.25) is 5.02 Å². The Morgan fingerprint density at radius 3 is 3.05 bits per heavy atom. The van der Waals surface area contributed by atoms with E-state index in [1.807, 2.05) is 25.1 Å². The molecular weight excluding hydrogens is 262 g/mol. The molecule has 0 amide bonds. The molecule has 1 fully saturated rings. The van der Waals surface area contributed by atoms with Gasteiger partial charge in [0.15, 0.2) is 5.82 Å². The van der Waals surface area contributed by atoms with Gasteiger partial charge in [-0.3, -0.25) is 0 Å². The van der Waals surface area contributed by atoms with Gasteiger partial charge in [-0.2, -0.15) is 4.98 Å². The molecular formula is C14H16ClN3O. The third kappa shape index (κ3) is 2.51. The number of nitrogens with zero attached hydrogens (tertiary/aromatic N) is 2. The fourth-order valence-corrected chi connectivity index (χ4v) is 2.57. The van der Waals surface area contributed by atoms with Crippen molar-refractivity contribution in [3.05, 3.63) is 34.6 Å². The van der Waals surface area contributed by atoms with Gasteiger partial charge in [0.05, 0.1) is 6.04 Å². The van der Waals surface area contributed by atoms with E-state index in [1.165, 1.54) is 12.8 Å². The molecule has 0 aliphatic carbocycles. The highest BCUT2D eigenvalue weighted by Gasteiger charge is 2.21. The Morgan fingerprint density at radius 1 is 1.37 bits per heavy atom. The summed E-state index contributed by atoms with van der Waals surface area (Å²) in [6.45, 7) is 2.98. The second kappa shape index (κ2) is 5.31. The normalized spacial score (nSPS) is 19.6. The van der Waals surface area contributed by atoms with Crippen LogP contribution < -0.4 is 5.32 Å². The smallest absolute Gasteiger partial charge is 0.258 e. The molecule has 19 heavy (non-hydrogen) atoms. The SMILES string of the molecule is Cc1c(Cl)cccc1-c1nc(C2CCCCN2)no1. The molecule has 1 aliphatic rings. The summed E-state index contributed by atoms with van der Waals surface area (Å²) in [6, 6.07) is 5.92. The zero-order valence-corrected chi connectivity index (χ0v) is 11.6. The van der Waals surface area contributed by atoms with Gasteiger partial charge in [0, 0.05) is 10.6 Å². The first-order chi connectivity index (χ1) is 9.25. The molecule has 0 spiro atoms. The molecule has 1 N–H and O–H groups in total. The maximum atomic E-state index is 6.12. The van der Waals surface area contributed by atoms with E-state index in [2.05, 4.69) is 15.5 Å². The second-order valence-electron chi connectivity index (χ2n) is 4.87. The molecule has 1 aromatic carbocycles. The van der Waals surface area contributed by atoms with Crippen molar-refractivity contribution < 1.29 is 4.52 Å². The van der Waals surface area contributed by atoms with Gasteiger partial charge in [0.2, 0.25) is 0 Å². The summed E-state index contributed by atoms with van der Waals surface area (Å²) in [6.07, 6.45) is 3.49. The summed E-state index contributed by atoms with van der Waals surface area (Å²) in [7, 11) is 0. The van der Waals surface area contributed by atoms with Crippen LogP contribution in [0.1, 0.15) is 36.7 Å². The number of rotatable bonds is 2. The molecule has 5 heteroatoms. The quantitative estimate of drug-likeness (QED) is 0.913. The van der Waals surface area contributed by atoms with Gasteiger partial charge < -0.3 is 9.84 Å². The molecule has 100 valence electrons. The molecule has 1 unspecified atom stereocenters. The molecule has 0 bridgehead atoms. The van der Waals surface area contributed by atoms with Crippen LogP contribution in [0, 0.1) is 6.92 Å².